The highest BCUT2D eigenvalue weighted by Gasteiger charge is 2.15. The molecule has 0 saturated heterocycles. The Morgan fingerprint density at radius 1 is 1.35 bits per heavy atom. The van der Waals surface area contributed by atoms with Gasteiger partial charge in [0, 0.05) is 19.0 Å². The van der Waals surface area contributed by atoms with Gasteiger partial charge in [0.2, 0.25) is 0 Å². The van der Waals surface area contributed by atoms with E-state index >= 15 is 0 Å². The smallest absolute Gasteiger partial charge is 0.0847 e. The number of rotatable bonds is 7. The fraction of sp³-hybridized carbons (Fsp3) is 0.769. The minimum absolute atomic E-state index is 0.195. The highest BCUT2D eigenvalue weighted by atomic mass is 35.5. The summed E-state index contributed by atoms with van der Waals surface area (Å²) in [5.74, 6) is 0. The number of hydrogen-bond donors (Lipinski definition) is 1. The molecule has 2 N–H and O–H groups in total. The first-order chi connectivity index (χ1) is 8.10. The summed E-state index contributed by atoms with van der Waals surface area (Å²) in [5.41, 5.74) is 8.15. The van der Waals surface area contributed by atoms with Crippen LogP contribution in [0.5, 0.6) is 0 Å². The molecular weight excluding hydrogens is 234 g/mol. The quantitative estimate of drug-likeness (QED) is 0.762. The van der Waals surface area contributed by atoms with Crippen molar-refractivity contribution in [3.8, 4) is 0 Å². The Kier molecular flexibility index (Phi) is 6.00. The van der Waals surface area contributed by atoms with Gasteiger partial charge in [0.05, 0.1) is 16.4 Å². The molecule has 0 radical (unpaired) electrons. The molecule has 0 spiro atoms. The Bertz CT molecular complexity index is 347. The van der Waals surface area contributed by atoms with Crippen LogP contribution in [0.1, 0.15) is 50.9 Å². The van der Waals surface area contributed by atoms with E-state index in [-0.39, 0.29) is 6.04 Å². The van der Waals surface area contributed by atoms with Crippen molar-refractivity contribution in [3.63, 3.8) is 0 Å². The van der Waals surface area contributed by atoms with E-state index in [1.807, 2.05) is 11.6 Å². The molecule has 1 aromatic rings. The van der Waals surface area contributed by atoms with Gasteiger partial charge in [-0.2, -0.15) is 5.10 Å². The van der Waals surface area contributed by atoms with E-state index in [2.05, 4.69) is 18.9 Å². The zero-order valence-electron chi connectivity index (χ0n) is 11.2. The average Bonchev–Trinajstić information content (AvgIpc) is 2.57. The number of halogens is 1. The van der Waals surface area contributed by atoms with Crippen molar-refractivity contribution in [1.82, 2.24) is 9.78 Å². The van der Waals surface area contributed by atoms with Gasteiger partial charge < -0.3 is 5.73 Å². The zero-order valence-corrected chi connectivity index (χ0v) is 11.9. The molecule has 0 fully saturated rings. The second kappa shape index (κ2) is 7.02. The summed E-state index contributed by atoms with van der Waals surface area (Å²) in [6.07, 6.45) is 5.59. The van der Waals surface area contributed by atoms with Crippen LogP contribution in [0.3, 0.4) is 0 Å². The number of aryl methyl sites for hydroxylation is 2. The monoisotopic (exact) mass is 257 g/mol. The molecule has 0 bridgehead atoms. The summed E-state index contributed by atoms with van der Waals surface area (Å²) in [6.45, 7) is 7.08. The third-order valence-corrected chi connectivity index (χ3v) is 3.58. The van der Waals surface area contributed by atoms with Gasteiger partial charge in [-0.05, 0) is 20.3 Å². The van der Waals surface area contributed by atoms with E-state index < -0.39 is 0 Å². The largest absolute Gasteiger partial charge is 0.327 e. The maximum atomic E-state index is 6.26. The second-order valence-corrected chi connectivity index (χ2v) is 5.00. The van der Waals surface area contributed by atoms with E-state index in [0.29, 0.717) is 0 Å². The first-order valence-corrected chi connectivity index (χ1v) is 6.95. The highest BCUT2D eigenvalue weighted by Crippen LogP contribution is 2.22. The van der Waals surface area contributed by atoms with Crippen LogP contribution in [0.2, 0.25) is 5.02 Å². The molecule has 1 heterocycles. The second-order valence-electron chi connectivity index (χ2n) is 4.62. The average molecular weight is 258 g/mol. The van der Waals surface area contributed by atoms with Gasteiger partial charge in [-0.1, -0.05) is 37.8 Å². The summed E-state index contributed by atoms with van der Waals surface area (Å²) in [7, 11) is 0. The molecule has 1 rings (SSSR count). The summed E-state index contributed by atoms with van der Waals surface area (Å²) in [6, 6.07) is 0.195. The van der Waals surface area contributed by atoms with E-state index in [1.165, 1.54) is 19.3 Å². The summed E-state index contributed by atoms with van der Waals surface area (Å²) in [4.78, 5) is 0. The third kappa shape index (κ3) is 4.00. The van der Waals surface area contributed by atoms with Crippen molar-refractivity contribution in [2.75, 3.05) is 0 Å². The standard InChI is InChI=1S/C13H24ClN3/c1-4-6-7-8-11(15)9-12-13(14)10(3)16-17(12)5-2/h11H,4-9,15H2,1-3H3. The molecule has 4 heteroatoms. The lowest BCUT2D eigenvalue weighted by molar-refractivity contribution is 0.527. The third-order valence-electron chi connectivity index (χ3n) is 3.09. The fourth-order valence-electron chi connectivity index (χ4n) is 2.07. The number of unbranched alkanes of at least 4 members (excludes halogenated alkanes) is 2. The van der Waals surface area contributed by atoms with Gasteiger partial charge in [0.15, 0.2) is 0 Å². The molecule has 0 aromatic carbocycles. The van der Waals surface area contributed by atoms with Crippen LogP contribution in [0, 0.1) is 6.92 Å². The van der Waals surface area contributed by atoms with Crippen molar-refractivity contribution < 1.29 is 0 Å². The van der Waals surface area contributed by atoms with Crippen molar-refractivity contribution in [2.24, 2.45) is 5.73 Å². The Hall–Kier alpha value is -0.540. The van der Waals surface area contributed by atoms with Gasteiger partial charge in [-0.25, -0.2) is 0 Å². The number of nitrogens with zero attached hydrogens (tertiary/aromatic N) is 2. The maximum absolute atomic E-state index is 6.26. The number of aromatic nitrogens is 2. The highest BCUT2D eigenvalue weighted by molar-refractivity contribution is 6.31. The molecule has 0 aliphatic rings. The lowest BCUT2D eigenvalue weighted by atomic mass is 10.0. The van der Waals surface area contributed by atoms with Crippen molar-refractivity contribution in [2.45, 2.75) is 65.5 Å². The SMILES string of the molecule is CCCCCC(N)Cc1c(Cl)c(C)nn1CC. The van der Waals surface area contributed by atoms with Crippen LogP contribution in [-0.2, 0) is 13.0 Å². The predicted octanol–water partition coefficient (Wildman–Crippen LogP) is 3.31. The van der Waals surface area contributed by atoms with Gasteiger partial charge in [0.25, 0.3) is 0 Å². The van der Waals surface area contributed by atoms with E-state index in [4.69, 9.17) is 17.3 Å². The topological polar surface area (TPSA) is 43.8 Å². The van der Waals surface area contributed by atoms with Crippen LogP contribution in [0.25, 0.3) is 0 Å². The van der Waals surface area contributed by atoms with Crippen molar-refractivity contribution in [1.29, 1.82) is 0 Å². The zero-order chi connectivity index (χ0) is 12.8. The van der Waals surface area contributed by atoms with Gasteiger partial charge in [-0.3, -0.25) is 4.68 Å². The van der Waals surface area contributed by atoms with Crippen LogP contribution in [0.15, 0.2) is 0 Å². The van der Waals surface area contributed by atoms with Crippen molar-refractivity contribution in [3.05, 3.63) is 16.4 Å². The number of hydrogen-bond acceptors (Lipinski definition) is 2. The molecule has 0 aliphatic heterocycles. The molecule has 1 aromatic heterocycles. The molecule has 3 nitrogen and oxygen atoms in total. The van der Waals surface area contributed by atoms with Gasteiger partial charge in [0.1, 0.15) is 0 Å². The first kappa shape index (κ1) is 14.5. The Balaban J connectivity index is 2.60. The van der Waals surface area contributed by atoms with Crippen LogP contribution in [0.4, 0.5) is 0 Å². The molecular formula is C13H24ClN3. The molecule has 0 amide bonds. The number of nitrogens with two attached hydrogens (primary N) is 1. The summed E-state index contributed by atoms with van der Waals surface area (Å²) >= 11 is 6.26. The summed E-state index contributed by atoms with van der Waals surface area (Å²) in [5, 5.41) is 5.20. The van der Waals surface area contributed by atoms with Crippen LogP contribution >= 0.6 is 11.6 Å². The molecule has 1 unspecified atom stereocenters. The normalized spacial score (nSPS) is 13.0. The lowest BCUT2D eigenvalue weighted by Crippen LogP contribution is -2.24. The van der Waals surface area contributed by atoms with E-state index in [0.717, 1.165) is 35.8 Å². The minimum atomic E-state index is 0.195. The van der Waals surface area contributed by atoms with Crippen molar-refractivity contribution >= 4 is 11.6 Å². The molecule has 1 atom stereocenters. The molecule has 98 valence electrons. The molecule has 17 heavy (non-hydrogen) atoms. The Morgan fingerprint density at radius 3 is 2.65 bits per heavy atom. The fourth-order valence-corrected chi connectivity index (χ4v) is 2.28. The van der Waals surface area contributed by atoms with E-state index in [1.54, 1.807) is 0 Å². The van der Waals surface area contributed by atoms with E-state index in [9.17, 15) is 0 Å². The molecule has 0 aliphatic carbocycles. The summed E-state index contributed by atoms with van der Waals surface area (Å²) < 4.78 is 1.97. The van der Waals surface area contributed by atoms with Crippen LogP contribution in [-0.4, -0.2) is 15.8 Å². The van der Waals surface area contributed by atoms with Gasteiger partial charge in [-0.15, -0.1) is 0 Å². The first-order valence-electron chi connectivity index (χ1n) is 6.57. The van der Waals surface area contributed by atoms with Crippen LogP contribution < -0.4 is 5.73 Å². The van der Waals surface area contributed by atoms with Gasteiger partial charge >= 0.3 is 0 Å². The predicted molar refractivity (Wildman–Crippen MR) is 73.5 cm³/mol. The maximum Gasteiger partial charge on any atom is 0.0847 e. The lowest BCUT2D eigenvalue weighted by Gasteiger charge is -2.12. The minimum Gasteiger partial charge on any atom is -0.327 e. The Morgan fingerprint density at radius 2 is 2.06 bits per heavy atom. The molecule has 0 saturated carbocycles. The Labute approximate surface area is 109 Å².